The van der Waals surface area contributed by atoms with Crippen LogP contribution < -0.4 is 5.32 Å². The van der Waals surface area contributed by atoms with E-state index >= 15 is 0 Å². The van der Waals surface area contributed by atoms with Gasteiger partial charge in [-0.15, -0.1) is 11.3 Å². The van der Waals surface area contributed by atoms with E-state index in [1.165, 1.54) is 11.3 Å². The normalized spacial score (nSPS) is 19.2. The number of carbonyl (C=O) groups is 1. The summed E-state index contributed by atoms with van der Waals surface area (Å²) in [6, 6.07) is 2.08. The smallest absolute Gasteiger partial charge is 0.262 e. The number of piperidine rings is 1. The van der Waals surface area contributed by atoms with E-state index in [-0.39, 0.29) is 18.6 Å². The minimum absolute atomic E-state index is 0.0337. The lowest BCUT2D eigenvalue weighted by atomic mass is 10.1. The number of aliphatic hydroxyl groups is 1. The number of hydrogen-bond donors (Lipinski definition) is 2. The third kappa shape index (κ3) is 4.07. The van der Waals surface area contributed by atoms with Gasteiger partial charge >= 0.3 is 0 Å². The Morgan fingerprint density at radius 3 is 3.25 bits per heavy atom. The average molecular weight is 292 g/mol. The van der Waals surface area contributed by atoms with Crippen molar-refractivity contribution in [1.29, 1.82) is 0 Å². The highest BCUT2D eigenvalue weighted by molar-refractivity contribution is 7.12. The summed E-state index contributed by atoms with van der Waals surface area (Å²) in [6.45, 7) is 2.05. The molecule has 2 rings (SSSR count). The zero-order chi connectivity index (χ0) is 14.4. The molecule has 1 fully saturated rings. The Bertz CT molecular complexity index is 515. The molecule has 1 aromatic rings. The number of carbonyl (C=O) groups excluding carboxylic acids is 1. The van der Waals surface area contributed by atoms with Gasteiger partial charge in [0.25, 0.3) is 5.91 Å². The van der Waals surface area contributed by atoms with E-state index in [4.69, 9.17) is 5.11 Å². The summed E-state index contributed by atoms with van der Waals surface area (Å²) < 4.78 is 0. The fourth-order valence-corrected chi connectivity index (χ4v) is 3.08. The molecule has 2 N–H and O–H groups in total. The van der Waals surface area contributed by atoms with E-state index in [0.717, 1.165) is 31.5 Å². The fraction of sp³-hybridized carbons (Fsp3) is 0.533. The minimum Gasteiger partial charge on any atom is -0.395 e. The van der Waals surface area contributed by atoms with Crippen molar-refractivity contribution in [1.82, 2.24) is 10.2 Å². The molecule has 1 amide bonds. The predicted octanol–water partition coefficient (Wildman–Crippen LogP) is 1.31. The molecule has 0 saturated carbocycles. The molecule has 20 heavy (non-hydrogen) atoms. The minimum atomic E-state index is -0.0337. The summed E-state index contributed by atoms with van der Waals surface area (Å²) >= 11 is 1.41. The van der Waals surface area contributed by atoms with E-state index in [1.807, 2.05) is 11.4 Å². The Morgan fingerprint density at radius 2 is 2.50 bits per heavy atom. The maximum atomic E-state index is 12.3. The monoisotopic (exact) mass is 292 g/mol. The zero-order valence-corrected chi connectivity index (χ0v) is 12.5. The average Bonchev–Trinajstić information content (AvgIpc) is 2.87. The molecule has 1 aliphatic rings. The van der Waals surface area contributed by atoms with Gasteiger partial charge < -0.3 is 15.3 Å². The SMILES string of the molecule is CN1CCCC(NC(=O)c2sccc2C#CCCO)C1. The van der Waals surface area contributed by atoms with E-state index in [2.05, 4.69) is 29.1 Å². The molecule has 1 unspecified atom stereocenters. The van der Waals surface area contributed by atoms with Crippen LogP contribution in [-0.2, 0) is 0 Å². The Balaban J connectivity index is 1.99. The van der Waals surface area contributed by atoms with Gasteiger partial charge in [-0.2, -0.15) is 0 Å². The molecule has 0 radical (unpaired) electrons. The van der Waals surface area contributed by atoms with Crippen LogP contribution in [0.2, 0.25) is 0 Å². The molecule has 5 heteroatoms. The molecule has 0 aliphatic carbocycles. The first-order valence-corrected chi connectivity index (χ1v) is 7.75. The summed E-state index contributed by atoms with van der Waals surface area (Å²) in [5, 5.41) is 13.7. The van der Waals surface area contributed by atoms with Crippen molar-refractivity contribution in [3.8, 4) is 11.8 Å². The highest BCUT2D eigenvalue weighted by atomic mass is 32.1. The first-order valence-electron chi connectivity index (χ1n) is 6.87. The van der Waals surface area contributed by atoms with Crippen LogP contribution >= 0.6 is 11.3 Å². The van der Waals surface area contributed by atoms with Crippen LogP contribution in [-0.4, -0.2) is 48.7 Å². The first kappa shape index (κ1) is 15.0. The highest BCUT2D eigenvalue weighted by Gasteiger charge is 2.21. The number of rotatable bonds is 3. The molecule has 0 aromatic carbocycles. The third-order valence-corrected chi connectivity index (χ3v) is 4.20. The maximum absolute atomic E-state index is 12.3. The van der Waals surface area contributed by atoms with Crippen molar-refractivity contribution < 1.29 is 9.90 Å². The van der Waals surface area contributed by atoms with Gasteiger partial charge in [0.05, 0.1) is 6.61 Å². The van der Waals surface area contributed by atoms with E-state index in [0.29, 0.717) is 11.3 Å². The number of hydrogen-bond acceptors (Lipinski definition) is 4. The van der Waals surface area contributed by atoms with Gasteiger partial charge in [-0.25, -0.2) is 0 Å². The number of aliphatic hydroxyl groups excluding tert-OH is 1. The van der Waals surface area contributed by atoms with Gasteiger partial charge in [-0.1, -0.05) is 11.8 Å². The van der Waals surface area contributed by atoms with Crippen LogP contribution in [0.1, 0.15) is 34.5 Å². The molecule has 1 aliphatic heterocycles. The Kier molecular flexibility index (Phi) is 5.60. The van der Waals surface area contributed by atoms with Gasteiger partial charge in [0.1, 0.15) is 4.88 Å². The molecular formula is C15H20N2O2S. The molecule has 0 bridgehead atoms. The molecule has 1 atom stereocenters. The van der Waals surface area contributed by atoms with Crippen molar-refractivity contribution in [3.05, 3.63) is 21.9 Å². The van der Waals surface area contributed by atoms with E-state index < -0.39 is 0 Å². The lowest BCUT2D eigenvalue weighted by molar-refractivity contribution is 0.0916. The van der Waals surface area contributed by atoms with Crippen molar-refractivity contribution in [2.45, 2.75) is 25.3 Å². The zero-order valence-electron chi connectivity index (χ0n) is 11.7. The van der Waals surface area contributed by atoms with E-state index in [9.17, 15) is 4.79 Å². The van der Waals surface area contributed by atoms with Crippen LogP contribution in [0.5, 0.6) is 0 Å². The fourth-order valence-electron chi connectivity index (χ4n) is 2.33. The van der Waals surface area contributed by atoms with Gasteiger partial charge in [0.15, 0.2) is 0 Å². The largest absolute Gasteiger partial charge is 0.395 e. The van der Waals surface area contributed by atoms with Crippen LogP contribution in [0.15, 0.2) is 11.4 Å². The number of nitrogens with one attached hydrogen (secondary N) is 1. The Hall–Kier alpha value is -1.35. The third-order valence-electron chi connectivity index (χ3n) is 3.29. The van der Waals surface area contributed by atoms with Crippen LogP contribution in [0.25, 0.3) is 0 Å². The van der Waals surface area contributed by atoms with Crippen LogP contribution in [0.4, 0.5) is 0 Å². The van der Waals surface area contributed by atoms with Gasteiger partial charge in [-0.05, 0) is 37.9 Å². The number of amides is 1. The lowest BCUT2D eigenvalue weighted by Crippen LogP contribution is -2.46. The standard InChI is InChI=1S/C15H20N2O2S/c1-17-8-4-6-13(11-17)16-15(19)14-12(7-10-20-14)5-2-3-9-18/h7,10,13,18H,3-4,6,8-9,11H2,1H3,(H,16,19). The van der Waals surface area contributed by atoms with Crippen molar-refractivity contribution in [2.75, 3.05) is 26.7 Å². The number of thiophene rings is 1. The number of nitrogens with zero attached hydrogens (tertiary/aromatic N) is 1. The van der Waals surface area contributed by atoms with Gasteiger partial charge in [0, 0.05) is 24.6 Å². The highest BCUT2D eigenvalue weighted by Crippen LogP contribution is 2.17. The van der Waals surface area contributed by atoms with Crippen molar-refractivity contribution >= 4 is 17.2 Å². The van der Waals surface area contributed by atoms with Crippen LogP contribution in [0.3, 0.4) is 0 Å². The second kappa shape index (κ2) is 7.44. The summed E-state index contributed by atoms with van der Waals surface area (Å²) in [5.41, 5.74) is 0.755. The summed E-state index contributed by atoms with van der Waals surface area (Å²) in [7, 11) is 2.08. The molecule has 1 saturated heterocycles. The summed E-state index contributed by atoms with van der Waals surface area (Å²) in [4.78, 5) is 15.2. The van der Waals surface area contributed by atoms with Gasteiger partial charge in [0.2, 0.25) is 0 Å². The number of likely N-dealkylation sites (N-methyl/N-ethyl adjacent to an activating group) is 1. The second-order valence-electron chi connectivity index (χ2n) is 5.01. The molecule has 108 valence electrons. The first-order chi connectivity index (χ1) is 9.70. The predicted molar refractivity (Wildman–Crippen MR) is 80.9 cm³/mol. The molecule has 4 nitrogen and oxygen atoms in total. The Morgan fingerprint density at radius 1 is 1.65 bits per heavy atom. The Labute approximate surface area is 123 Å². The van der Waals surface area contributed by atoms with Gasteiger partial charge in [-0.3, -0.25) is 4.79 Å². The second-order valence-corrected chi connectivity index (χ2v) is 5.93. The maximum Gasteiger partial charge on any atom is 0.262 e. The number of likely N-dealkylation sites (tertiary alicyclic amines) is 1. The summed E-state index contributed by atoms with van der Waals surface area (Å²) in [5.74, 6) is 5.78. The molecule has 1 aromatic heterocycles. The van der Waals surface area contributed by atoms with Crippen molar-refractivity contribution in [2.24, 2.45) is 0 Å². The van der Waals surface area contributed by atoms with Crippen LogP contribution in [0, 0.1) is 11.8 Å². The van der Waals surface area contributed by atoms with E-state index in [1.54, 1.807) is 0 Å². The summed E-state index contributed by atoms with van der Waals surface area (Å²) in [6.07, 6.45) is 2.59. The molecule has 2 heterocycles. The quantitative estimate of drug-likeness (QED) is 0.826. The van der Waals surface area contributed by atoms with Crippen molar-refractivity contribution in [3.63, 3.8) is 0 Å². The molecular weight excluding hydrogens is 272 g/mol. The molecule has 0 spiro atoms. The topological polar surface area (TPSA) is 52.6 Å². The lowest BCUT2D eigenvalue weighted by Gasteiger charge is -2.30.